The van der Waals surface area contributed by atoms with Crippen molar-refractivity contribution in [1.29, 1.82) is 0 Å². The van der Waals surface area contributed by atoms with Crippen molar-refractivity contribution >= 4 is 14.4 Å². The molecule has 0 heterocycles. The van der Waals surface area contributed by atoms with E-state index in [0.29, 0.717) is 19.4 Å². The van der Waals surface area contributed by atoms with Gasteiger partial charge in [0, 0.05) is 0 Å². The van der Waals surface area contributed by atoms with Crippen molar-refractivity contribution in [1.82, 2.24) is 5.32 Å². The second-order valence-corrected chi connectivity index (χ2v) is 11.6. The van der Waals surface area contributed by atoms with E-state index < -0.39 is 26.1 Å². The van der Waals surface area contributed by atoms with E-state index in [1.807, 2.05) is 0 Å². The molecule has 0 unspecified atom stereocenters. The molecule has 1 amide bonds. The Morgan fingerprint density at radius 2 is 1.94 bits per heavy atom. The fourth-order valence-electron chi connectivity index (χ4n) is 1.86. The van der Waals surface area contributed by atoms with Gasteiger partial charge in [0.25, 0.3) is 0 Å². The van der Waals surface area contributed by atoms with Gasteiger partial charge < -0.3 is 20.0 Å². The normalized spacial score (nSPS) is 28.7. The Bertz CT molecular complexity index is 319. The molecule has 1 aliphatic rings. The molecular weight excluding hydrogens is 250 g/mol. The molecule has 1 rings (SSSR count). The smallest absolute Gasteiger partial charge is 0.405 e. The van der Waals surface area contributed by atoms with Crippen molar-refractivity contribution < 1.29 is 19.4 Å². The molecule has 0 aliphatic heterocycles. The Balaban J connectivity index is 2.62. The minimum atomic E-state index is -1.88. The molecular formula is C12H25NO4Si. The highest BCUT2D eigenvalue weighted by molar-refractivity contribution is 6.74. The van der Waals surface area contributed by atoms with E-state index in [9.17, 15) is 9.90 Å². The molecule has 18 heavy (non-hydrogen) atoms. The highest BCUT2D eigenvalue weighted by Gasteiger charge is 2.47. The van der Waals surface area contributed by atoms with Crippen LogP contribution in [0.3, 0.4) is 0 Å². The standard InChI is InChI=1S/C12H25NO4Si/c1-11(2,3)18(4,5)17-8-12(13-10(15)16)6-9(14)7-12/h9,13-14H,6-8H2,1-5H3,(H,15,16). The molecule has 0 saturated heterocycles. The summed E-state index contributed by atoms with van der Waals surface area (Å²) in [6, 6.07) is 0. The molecule has 0 spiro atoms. The maximum Gasteiger partial charge on any atom is 0.405 e. The summed E-state index contributed by atoms with van der Waals surface area (Å²) in [5.41, 5.74) is -0.596. The second-order valence-electron chi connectivity index (χ2n) is 6.82. The summed E-state index contributed by atoms with van der Waals surface area (Å²) in [6.07, 6.45) is -0.595. The number of hydrogen-bond acceptors (Lipinski definition) is 3. The van der Waals surface area contributed by atoms with Gasteiger partial charge >= 0.3 is 6.09 Å². The third-order valence-electron chi connectivity index (χ3n) is 4.14. The molecule has 5 nitrogen and oxygen atoms in total. The topological polar surface area (TPSA) is 78.8 Å². The minimum Gasteiger partial charge on any atom is -0.465 e. The molecule has 0 aromatic rings. The molecule has 6 heteroatoms. The van der Waals surface area contributed by atoms with Gasteiger partial charge in [0.05, 0.1) is 18.2 Å². The molecule has 0 aromatic carbocycles. The molecule has 1 saturated carbocycles. The van der Waals surface area contributed by atoms with Gasteiger partial charge in [-0.05, 0) is 31.0 Å². The van der Waals surface area contributed by atoms with Crippen LogP contribution in [0.15, 0.2) is 0 Å². The number of amides is 1. The minimum absolute atomic E-state index is 0.0970. The number of aliphatic hydroxyl groups is 1. The lowest BCUT2D eigenvalue weighted by Gasteiger charge is -2.47. The first-order valence-electron chi connectivity index (χ1n) is 6.31. The molecule has 1 aliphatic carbocycles. The number of aliphatic hydroxyl groups excluding tert-OH is 1. The number of carboxylic acid groups (broad SMARTS) is 1. The summed E-state index contributed by atoms with van der Waals surface area (Å²) in [6.45, 7) is 11.1. The number of nitrogens with one attached hydrogen (secondary N) is 1. The Kier molecular flexibility index (Phi) is 4.15. The third-order valence-corrected chi connectivity index (χ3v) is 8.62. The summed E-state index contributed by atoms with van der Waals surface area (Å²) in [4.78, 5) is 10.8. The van der Waals surface area contributed by atoms with Crippen LogP contribution in [-0.2, 0) is 4.43 Å². The summed E-state index contributed by atoms with van der Waals surface area (Å²) >= 11 is 0. The predicted molar refractivity (Wildman–Crippen MR) is 72.3 cm³/mol. The van der Waals surface area contributed by atoms with Crippen LogP contribution >= 0.6 is 0 Å². The van der Waals surface area contributed by atoms with E-state index in [-0.39, 0.29) is 5.04 Å². The Morgan fingerprint density at radius 3 is 2.28 bits per heavy atom. The maximum absolute atomic E-state index is 10.8. The highest BCUT2D eigenvalue weighted by Crippen LogP contribution is 2.39. The quantitative estimate of drug-likeness (QED) is 0.687. The van der Waals surface area contributed by atoms with Crippen molar-refractivity contribution in [2.24, 2.45) is 0 Å². The van der Waals surface area contributed by atoms with E-state index >= 15 is 0 Å². The van der Waals surface area contributed by atoms with E-state index in [1.54, 1.807) is 0 Å². The zero-order chi connectivity index (χ0) is 14.2. The molecule has 0 aromatic heterocycles. The predicted octanol–water partition coefficient (Wildman–Crippen LogP) is 2.17. The van der Waals surface area contributed by atoms with Crippen LogP contribution in [0.1, 0.15) is 33.6 Å². The first-order chi connectivity index (χ1) is 7.97. The first-order valence-corrected chi connectivity index (χ1v) is 9.21. The lowest BCUT2D eigenvalue weighted by molar-refractivity contribution is -0.0215. The van der Waals surface area contributed by atoms with E-state index in [1.165, 1.54) is 0 Å². The van der Waals surface area contributed by atoms with E-state index in [2.05, 4.69) is 39.2 Å². The monoisotopic (exact) mass is 275 g/mol. The number of carbonyl (C=O) groups is 1. The average Bonchev–Trinajstić information content (AvgIpc) is 2.09. The van der Waals surface area contributed by atoms with Gasteiger partial charge in [-0.15, -0.1) is 0 Å². The SMILES string of the molecule is CC(C)(C)[Si](C)(C)OCC1(NC(=O)O)CC(O)C1. The van der Waals surface area contributed by atoms with Crippen molar-refractivity contribution in [2.75, 3.05) is 6.61 Å². The highest BCUT2D eigenvalue weighted by atomic mass is 28.4. The fraction of sp³-hybridized carbons (Fsp3) is 0.917. The van der Waals surface area contributed by atoms with Crippen LogP contribution in [0.2, 0.25) is 18.1 Å². The Labute approximate surface area is 110 Å². The molecule has 106 valence electrons. The largest absolute Gasteiger partial charge is 0.465 e. The van der Waals surface area contributed by atoms with Crippen LogP contribution < -0.4 is 5.32 Å². The molecule has 1 fully saturated rings. The van der Waals surface area contributed by atoms with Crippen molar-refractivity contribution in [2.45, 2.75) is 63.4 Å². The molecule has 3 N–H and O–H groups in total. The number of rotatable bonds is 4. The van der Waals surface area contributed by atoms with Crippen LogP contribution in [0, 0.1) is 0 Å². The van der Waals surface area contributed by atoms with Gasteiger partial charge in [0.2, 0.25) is 0 Å². The molecule has 0 bridgehead atoms. The lowest BCUT2D eigenvalue weighted by atomic mass is 9.75. The van der Waals surface area contributed by atoms with E-state index in [4.69, 9.17) is 9.53 Å². The summed E-state index contributed by atoms with van der Waals surface area (Å²) in [5.74, 6) is 0. The van der Waals surface area contributed by atoms with Gasteiger partial charge in [0.15, 0.2) is 8.32 Å². The average molecular weight is 275 g/mol. The summed E-state index contributed by atoms with van der Waals surface area (Å²) in [5, 5.41) is 20.9. The molecule has 0 radical (unpaired) electrons. The Morgan fingerprint density at radius 1 is 1.44 bits per heavy atom. The van der Waals surface area contributed by atoms with Crippen LogP contribution in [0.4, 0.5) is 4.79 Å². The first kappa shape index (κ1) is 15.5. The second kappa shape index (κ2) is 4.83. The van der Waals surface area contributed by atoms with Gasteiger partial charge in [-0.25, -0.2) is 4.79 Å². The Hall–Kier alpha value is -0.593. The van der Waals surface area contributed by atoms with E-state index in [0.717, 1.165) is 0 Å². The number of hydrogen-bond donors (Lipinski definition) is 3. The van der Waals surface area contributed by atoms with Gasteiger partial charge in [0.1, 0.15) is 0 Å². The third kappa shape index (κ3) is 3.46. The van der Waals surface area contributed by atoms with Crippen molar-refractivity contribution in [3.05, 3.63) is 0 Å². The fourth-order valence-corrected chi connectivity index (χ4v) is 2.93. The van der Waals surface area contributed by atoms with Gasteiger partial charge in [-0.2, -0.15) is 0 Å². The van der Waals surface area contributed by atoms with Crippen LogP contribution in [-0.4, -0.2) is 42.9 Å². The van der Waals surface area contributed by atoms with Crippen molar-refractivity contribution in [3.8, 4) is 0 Å². The zero-order valence-corrected chi connectivity index (χ0v) is 12.9. The van der Waals surface area contributed by atoms with Crippen LogP contribution in [0.25, 0.3) is 0 Å². The summed E-state index contributed by atoms with van der Waals surface area (Å²) < 4.78 is 6.05. The van der Waals surface area contributed by atoms with Gasteiger partial charge in [-0.3, -0.25) is 0 Å². The summed E-state index contributed by atoms with van der Waals surface area (Å²) in [7, 11) is -1.88. The van der Waals surface area contributed by atoms with Crippen molar-refractivity contribution in [3.63, 3.8) is 0 Å². The lowest BCUT2D eigenvalue weighted by Crippen LogP contribution is -2.63. The maximum atomic E-state index is 10.8. The van der Waals surface area contributed by atoms with Crippen LogP contribution in [0.5, 0.6) is 0 Å². The zero-order valence-electron chi connectivity index (χ0n) is 11.9. The molecule has 0 atom stereocenters. The van der Waals surface area contributed by atoms with Gasteiger partial charge in [-0.1, -0.05) is 20.8 Å².